The number of carbonyl (C=O) groups excluding carboxylic acids is 1. The van der Waals surface area contributed by atoms with Crippen molar-refractivity contribution in [1.82, 2.24) is 10.3 Å². The number of carbonyl (C=O) groups is 1. The number of nitrogens with zero attached hydrogens (tertiary/aromatic N) is 1. The van der Waals surface area contributed by atoms with Crippen molar-refractivity contribution in [3.05, 3.63) is 41.8 Å². The Morgan fingerprint density at radius 2 is 1.85 bits per heavy atom. The van der Waals surface area contributed by atoms with E-state index in [-0.39, 0.29) is 23.6 Å². The molecule has 2 aliphatic carbocycles. The van der Waals surface area contributed by atoms with E-state index in [1.807, 2.05) is 6.07 Å². The SMILES string of the molecule is CNC(=O)C(F)(F)C1CC2CC(c3ccnc4ccc(F)cc34)CC2C1. The normalized spacial score (nSPS) is 28.3. The van der Waals surface area contributed by atoms with Gasteiger partial charge in [0.05, 0.1) is 5.52 Å². The first-order chi connectivity index (χ1) is 12.4. The largest absolute Gasteiger partial charge is 0.354 e. The van der Waals surface area contributed by atoms with Crippen LogP contribution in [0.4, 0.5) is 13.2 Å². The molecule has 1 N–H and O–H groups in total. The lowest BCUT2D eigenvalue weighted by atomic mass is 9.88. The second-order valence-electron chi connectivity index (χ2n) is 7.62. The summed E-state index contributed by atoms with van der Waals surface area (Å²) >= 11 is 0. The van der Waals surface area contributed by atoms with Crippen LogP contribution >= 0.6 is 0 Å². The summed E-state index contributed by atoms with van der Waals surface area (Å²) in [5.41, 5.74) is 1.81. The van der Waals surface area contributed by atoms with Gasteiger partial charge in [0.1, 0.15) is 5.82 Å². The number of amides is 1. The van der Waals surface area contributed by atoms with Crippen LogP contribution in [0.5, 0.6) is 0 Å². The molecule has 0 bridgehead atoms. The monoisotopic (exact) mass is 362 g/mol. The molecule has 138 valence electrons. The molecule has 2 atom stereocenters. The Balaban J connectivity index is 1.54. The molecule has 3 nitrogen and oxygen atoms in total. The first-order valence-electron chi connectivity index (χ1n) is 9.04. The minimum atomic E-state index is -3.30. The van der Waals surface area contributed by atoms with Crippen molar-refractivity contribution in [2.75, 3.05) is 7.05 Å². The quantitative estimate of drug-likeness (QED) is 0.886. The zero-order valence-corrected chi connectivity index (χ0v) is 14.5. The summed E-state index contributed by atoms with van der Waals surface area (Å²) in [7, 11) is 1.25. The Morgan fingerprint density at radius 1 is 1.15 bits per heavy atom. The van der Waals surface area contributed by atoms with Crippen LogP contribution in [0.25, 0.3) is 10.9 Å². The van der Waals surface area contributed by atoms with Gasteiger partial charge in [0.2, 0.25) is 0 Å². The lowest BCUT2D eigenvalue weighted by Crippen LogP contribution is -2.43. The molecule has 2 fully saturated rings. The summed E-state index contributed by atoms with van der Waals surface area (Å²) in [6.45, 7) is 0. The van der Waals surface area contributed by atoms with E-state index in [1.165, 1.54) is 19.2 Å². The zero-order chi connectivity index (χ0) is 18.5. The number of halogens is 3. The molecule has 0 saturated heterocycles. The Bertz CT molecular complexity index is 840. The van der Waals surface area contributed by atoms with Crippen LogP contribution in [0.2, 0.25) is 0 Å². The summed E-state index contributed by atoms with van der Waals surface area (Å²) in [6.07, 6.45) is 4.09. The molecular formula is C20H21F3N2O. The van der Waals surface area contributed by atoms with Crippen molar-refractivity contribution in [3.8, 4) is 0 Å². The lowest BCUT2D eigenvalue weighted by molar-refractivity contribution is -0.153. The number of fused-ring (bicyclic) bond motifs is 2. The van der Waals surface area contributed by atoms with Crippen LogP contribution in [0, 0.1) is 23.6 Å². The van der Waals surface area contributed by atoms with E-state index in [0.717, 1.165) is 29.3 Å². The van der Waals surface area contributed by atoms with Gasteiger partial charge in [-0.25, -0.2) is 4.39 Å². The van der Waals surface area contributed by atoms with Crippen LogP contribution in [0.15, 0.2) is 30.5 Å². The number of hydrogen-bond donors (Lipinski definition) is 1. The van der Waals surface area contributed by atoms with Crippen LogP contribution in [-0.4, -0.2) is 23.9 Å². The van der Waals surface area contributed by atoms with E-state index >= 15 is 0 Å². The average molecular weight is 362 g/mol. The van der Waals surface area contributed by atoms with Gasteiger partial charge in [0.25, 0.3) is 5.91 Å². The van der Waals surface area contributed by atoms with E-state index in [4.69, 9.17) is 0 Å². The molecule has 2 aromatic rings. The molecule has 0 spiro atoms. The van der Waals surface area contributed by atoms with Gasteiger partial charge in [-0.3, -0.25) is 9.78 Å². The van der Waals surface area contributed by atoms with Crippen molar-refractivity contribution in [2.24, 2.45) is 17.8 Å². The molecule has 2 unspecified atom stereocenters. The summed E-state index contributed by atoms with van der Waals surface area (Å²) in [4.78, 5) is 15.8. The third-order valence-electron chi connectivity index (χ3n) is 6.24. The third kappa shape index (κ3) is 2.75. The van der Waals surface area contributed by atoms with Gasteiger partial charge in [0.15, 0.2) is 0 Å². The Hall–Kier alpha value is -2.11. The number of aromatic nitrogens is 1. The first-order valence-corrected chi connectivity index (χ1v) is 9.04. The van der Waals surface area contributed by atoms with Crippen LogP contribution in [0.3, 0.4) is 0 Å². The highest BCUT2D eigenvalue weighted by molar-refractivity contribution is 5.83. The zero-order valence-electron chi connectivity index (χ0n) is 14.5. The molecule has 1 aromatic carbocycles. The second kappa shape index (κ2) is 6.25. The number of alkyl halides is 2. The van der Waals surface area contributed by atoms with Crippen LogP contribution in [-0.2, 0) is 4.79 Å². The fourth-order valence-electron chi connectivity index (χ4n) is 5.01. The highest BCUT2D eigenvalue weighted by Gasteiger charge is 2.54. The molecular weight excluding hydrogens is 341 g/mol. The summed E-state index contributed by atoms with van der Waals surface area (Å²) in [6, 6.07) is 6.50. The molecule has 4 rings (SSSR count). The Labute approximate surface area is 150 Å². The average Bonchev–Trinajstić information content (AvgIpc) is 3.19. The van der Waals surface area contributed by atoms with Gasteiger partial charge in [0, 0.05) is 24.5 Å². The first kappa shape index (κ1) is 17.3. The van der Waals surface area contributed by atoms with Gasteiger partial charge in [-0.05, 0) is 73.3 Å². The summed E-state index contributed by atoms with van der Waals surface area (Å²) in [5.74, 6) is -5.06. The number of rotatable bonds is 3. The predicted molar refractivity (Wildman–Crippen MR) is 92.4 cm³/mol. The third-order valence-corrected chi connectivity index (χ3v) is 6.24. The molecule has 2 aliphatic rings. The van der Waals surface area contributed by atoms with E-state index < -0.39 is 17.7 Å². The number of hydrogen-bond acceptors (Lipinski definition) is 2. The molecule has 1 amide bonds. The number of nitrogens with one attached hydrogen (secondary N) is 1. The van der Waals surface area contributed by atoms with Gasteiger partial charge < -0.3 is 5.32 Å². The van der Waals surface area contributed by atoms with E-state index in [2.05, 4.69) is 10.3 Å². The molecule has 26 heavy (non-hydrogen) atoms. The second-order valence-corrected chi connectivity index (χ2v) is 7.62. The maximum atomic E-state index is 14.2. The van der Waals surface area contributed by atoms with Gasteiger partial charge in [-0.2, -0.15) is 8.78 Å². The minimum Gasteiger partial charge on any atom is -0.354 e. The van der Waals surface area contributed by atoms with Crippen molar-refractivity contribution in [2.45, 2.75) is 37.5 Å². The fourth-order valence-corrected chi connectivity index (χ4v) is 5.01. The maximum Gasteiger partial charge on any atom is 0.327 e. The molecule has 0 aliphatic heterocycles. The van der Waals surface area contributed by atoms with E-state index in [9.17, 15) is 18.0 Å². The molecule has 1 aromatic heterocycles. The van der Waals surface area contributed by atoms with Gasteiger partial charge in [-0.15, -0.1) is 0 Å². The number of pyridine rings is 1. The van der Waals surface area contributed by atoms with Crippen molar-refractivity contribution in [1.29, 1.82) is 0 Å². The fraction of sp³-hybridized carbons (Fsp3) is 0.500. The Morgan fingerprint density at radius 3 is 2.50 bits per heavy atom. The smallest absolute Gasteiger partial charge is 0.327 e. The predicted octanol–water partition coefficient (Wildman–Crippen LogP) is 4.28. The molecule has 6 heteroatoms. The van der Waals surface area contributed by atoms with E-state index in [1.54, 1.807) is 12.3 Å². The molecule has 2 saturated carbocycles. The van der Waals surface area contributed by atoms with Gasteiger partial charge in [-0.1, -0.05) is 0 Å². The maximum absolute atomic E-state index is 14.2. The number of benzene rings is 1. The van der Waals surface area contributed by atoms with Crippen molar-refractivity contribution in [3.63, 3.8) is 0 Å². The summed E-state index contributed by atoms with van der Waals surface area (Å²) in [5, 5.41) is 2.89. The van der Waals surface area contributed by atoms with Crippen LogP contribution < -0.4 is 5.32 Å². The van der Waals surface area contributed by atoms with E-state index in [0.29, 0.717) is 12.8 Å². The standard InChI is InChI=1S/C20H21F3N2O/c1-24-19(26)20(22,23)14-8-11-6-13(7-12(11)9-14)16-4-5-25-18-3-2-15(21)10-17(16)18/h2-5,10-14H,6-9H2,1H3,(H,24,26). The highest BCUT2D eigenvalue weighted by Crippen LogP contribution is 2.56. The molecule has 0 radical (unpaired) electrons. The minimum absolute atomic E-state index is 0.192. The lowest BCUT2D eigenvalue weighted by Gasteiger charge is -2.23. The summed E-state index contributed by atoms with van der Waals surface area (Å²) < 4.78 is 42.2. The van der Waals surface area contributed by atoms with Crippen LogP contribution in [0.1, 0.15) is 37.2 Å². The van der Waals surface area contributed by atoms with Crippen molar-refractivity contribution < 1.29 is 18.0 Å². The highest BCUT2D eigenvalue weighted by atomic mass is 19.3. The van der Waals surface area contributed by atoms with Gasteiger partial charge >= 0.3 is 5.92 Å². The molecule has 1 heterocycles. The Kier molecular flexibility index (Phi) is 4.16. The topological polar surface area (TPSA) is 42.0 Å². The van der Waals surface area contributed by atoms with Crippen molar-refractivity contribution >= 4 is 16.8 Å².